The minimum absolute atomic E-state index is 0.321. The third kappa shape index (κ3) is 6.50. The van der Waals surface area contributed by atoms with Gasteiger partial charge in [0, 0.05) is 12.5 Å². The fraction of sp³-hybridized carbons (Fsp3) is 0.727. The maximum atomic E-state index is 5.13. The molecule has 0 rings (SSSR count). The Morgan fingerprint density at radius 3 is 2.71 bits per heavy atom. The van der Waals surface area contributed by atoms with Gasteiger partial charge in [-0.3, -0.25) is 0 Å². The minimum atomic E-state index is 0.321. The Balaban J connectivity index is 3.84. The summed E-state index contributed by atoms with van der Waals surface area (Å²) in [6, 6.07) is 0. The van der Waals surface area contributed by atoms with Gasteiger partial charge in [0.1, 0.15) is 12.3 Å². The van der Waals surface area contributed by atoms with Crippen LogP contribution in [0, 0.1) is 17.8 Å². The molecule has 0 aliphatic heterocycles. The summed E-state index contributed by atoms with van der Waals surface area (Å²) in [6.45, 7) is 10.3. The zero-order valence-electron chi connectivity index (χ0n) is 9.55. The van der Waals surface area contributed by atoms with E-state index in [1.54, 1.807) is 6.92 Å². The zero-order valence-corrected chi connectivity index (χ0v) is 9.55. The van der Waals surface area contributed by atoms with E-state index in [0.29, 0.717) is 12.5 Å². The van der Waals surface area contributed by atoms with E-state index in [1.165, 1.54) is 0 Å². The van der Waals surface area contributed by atoms with Crippen molar-refractivity contribution in [2.45, 2.75) is 27.7 Å². The van der Waals surface area contributed by atoms with E-state index >= 15 is 0 Å². The molecule has 0 aromatic heterocycles. The predicted octanol–water partition coefficient (Wildman–Crippen LogP) is 1.65. The van der Waals surface area contributed by atoms with E-state index in [9.17, 15) is 0 Å². The van der Waals surface area contributed by atoms with Gasteiger partial charge in [0.15, 0.2) is 0 Å². The van der Waals surface area contributed by atoms with Crippen molar-refractivity contribution >= 4 is 5.71 Å². The Kier molecular flexibility index (Phi) is 7.96. The number of hydrogen-bond donors (Lipinski definition) is 1. The number of nitrogens with zero attached hydrogens (tertiary/aromatic N) is 1. The van der Waals surface area contributed by atoms with Crippen molar-refractivity contribution in [1.82, 2.24) is 5.32 Å². The molecule has 0 aromatic rings. The summed E-state index contributed by atoms with van der Waals surface area (Å²) in [7, 11) is 0. The molecule has 0 fully saturated rings. The van der Waals surface area contributed by atoms with E-state index in [0.717, 1.165) is 18.8 Å². The van der Waals surface area contributed by atoms with Crippen molar-refractivity contribution in [1.29, 1.82) is 0 Å². The third-order valence-corrected chi connectivity index (χ3v) is 1.58. The van der Waals surface area contributed by atoms with E-state index in [1.807, 2.05) is 0 Å². The molecule has 3 nitrogen and oxygen atoms in total. The predicted molar refractivity (Wildman–Crippen MR) is 60.2 cm³/mol. The smallest absolute Gasteiger partial charge is 0.132 e. The van der Waals surface area contributed by atoms with Gasteiger partial charge >= 0.3 is 0 Å². The maximum Gasteiger partial charge on any atom is 0.132 e. The first-order valence-electron chi connectivity index (χ1n) is 5.05. The number of oxime groups is 1. The fourth-order valence-corrected chi connectivity index (χ4v) is 0.810. The first-order valence-corrected chi connectivity index (χ1v) is 5.05. The molecule has 0 bridgehead atoms. The Hall–Kier alpha value is -1.01. The maximum absolute atomic E-state index is 5.13. The lowest BCUT2D eigenvalue weighted by Gasteiger charge is -2.03. The number of likely N-dealkylation sites (N-methyl/N-ethyl adjacent to an activating group) is 1. The molecule has 0 heterocycles. The van der Waals surface area contributed by atoms with Crippen molar-refractivity contribution in [3.05, 3.63) is 0 Å². The Morgan fingerprint density at radius 1 is 1.50 bits per heavy atom. The van der Waals surface area contributed by atoms with Crippen molar-refractivity contribution in [3.63, 3.8) is 0 Å². The molecule has 0 aromatic carbocycles. The van der Waals surface area contributed by atoms with Crippen LogP contribution < -0.4 is 5.32 Å². The zero-order chi connectivity index (χ0) is 10.8. The third-order valence-electron chi connectivity index (χ3n) is 1.58. The summed E-state index contributed by atoms with van der Waals surface area (Å²) in [5.74, 6) is 6.07. The van der Waals surface area contributed by atoms with Crippen molar-refractivity contribution < 1.29 is 4.84 Å². The van der Waals surface area contributed by atoms with Crippen LogP contribution in [0.4, 0.5) is 0 Å². The van der Waals surface area contributed by atoms with Gasteiger partial charge in [-0.05, 0) is 19.4 Å². The highest BCUT2D eigenvalue weighted by atomic mass is 16.6. The van der Waals surface area contributed by atoms with Gasteiger partial charge in [-0.25, -0.2) is 0 Å². The van der Waals surface area contributed by atoms with Gasteiger partial charge in [0.05, 0.1) is 0 Å². The number of nitrogens with one attached hydrogen (secondary N) is 1. The van der Waals surface area contributed by atoms with Crippen LogP contribution in [0.3, 0.4) is 0 Å². The van der Waals surface area contributed by atoms with Crippen LogP contribution in [0.15, 0.2) is 5.16 Å². The topological polar surface area (TPSA) is 33.6 Å². The van der Waals surface area contributed by atoms with Gasteiger partial charge in [0.2, 0.25) is 0 Å². The Bertz CT molecular complexity index is 223. The number of hydrogen-bond acceptors (Lipinski definition) is 3. The molecule has 0 saturated heterocycles. The molecule has 0 aliphatic rings. The summed E-state index contributed by atoms with van der Waals surface area (Å²) >= 11 is 0. The van der Waals surface area contributed by atoms with Crippen molar-refractivity contribution in [2.75, 3.05) is 19.7 Å². The Labute approximate surface area is 86.9 Å². The standard InChI is InChI=1S/C11H20N2O/c1-5-7-11(10(3)4)13-14-9-8-12-6-2/h10,12H,6,8-9H2,1-4H3/b13-11+. The highest BCUT2D eigenvalue weighted by molar-refractivity contribution is 6.01. The molecule has 0 radical (unpaired) electrons. The van der Waals surface area contributed by atoms with Crippen molar-refractivity contribution in [3.8, 4) is 11.8 Å². The summed E-state index contributed by atoms with van der Waals surface area (Å²) in [5, 5.41) is 7.14. The molecule has 0 aliphatic carbocycles. The van der Waals surface area contributed by atoms with Crippen LogP contribution in [0.5, 0.6) is 0 Å². The normalized spacial score (nSPS) is 11.1. The molecular weight excluding hydrogens is 176 g/mol. The molecule has 0 unspecified atom stereocenters. The summed E-state index contributed by atoms with van der Waals surface area (Å²) in [6.07, 6.45) is 0. The highest BCUT2D eigenvalue weighted by Crippen LogP contribution is 1.96. The molecule has 3 heteroatoms. The van der Waals surface area contributed by atoms with Crippen molar-refractivity contribution in [2.24, 2.45) is 11.1 Å². The molecule has 80 valence electrons. The van der Waals surface area contributed by atoms with E-state index in [2.05, 4.69) is 43.1 Å². The molecule has 0 spiro atoms. The lowest BCUT2D eigenvalue weighted by molar-refractivity contribution is 0.145. The van der Waals surface area contributed by atoms with Gasteiger partial charge in [0.25, 0.3) is 0 Å². The van der Waals surface area contributed by atoms with Gasteiger partial charge in [-0.15, -0.1) is 0 Å². The average Bonchev–Trinajstić information content (AvgIpc) is 2.15. The summed E-state index contributed by atoms with van der Waals surface area (Å²) in [4.78, 5) is 5.13. The second-order valence-electron chi connectivity index (χ2n) is 3.19. The summed E-state index contributed by atoms with van der Waals surface area (Å²) in [5.41, 5.74) is 0.809. The first kappa shape index (κ1) is 13.0. The first-order chi connectivity index (χ1) is 6.72. The molecule has 14 heavy (non-hydrogen) atoms. The largest absolute Gasteiger partial charge is 0.394 e. The van der Waals surface area contributed by atoms with Crippen LogP contribution in [0.1, 0.15) is 27.7 Å². The van der Waals surface area contributed by atoms with Crippen LogP contribution >= 0.6 is 0 Å². The average molecular weight is 196 g/mol. The van der Waals surface area contributed by atoms with Crippen LogP contribution in [-0.4, -0.2) is 25.4 Å². The number of rotatable bonds is 6. The van der Waals surface area contributed by atoms with E-state index in [-0.39, 0.29) is 0 Å². The summed E-state index contributed by atoms with van der Waals surface area (Å²) < 4.78 is 0. The Morgan fingerprint density at radius 2 is 2.21 bits per heavy atom. The quantitative estimate of drug-likeness (QED) is 0.303. The highest BCUT2D eigenvalue weighted by Gasteiger charge is 2.01. The van der Waals surface area contributed by atoms with E-state index in [4.69, 9.17) is 4.84 Å². The van der Waals surface area contributed by atoms with Gasteiger partial charge < -0.3 is 10.2 Å². The van der Waals surface area contributed by atoms with Crippen LogP contribution in [-0.2, 0) is 4.84 Å². The van der Waals surface area contributed by atoms with Gasteiger partial charge in [-0.2, -0.15) is 0 Å². The van der Waals surface area contributed by atoms with Crippen LogP contribution in [0.25, 0.3) is 0 Å². The van der Waals surface area contributed by atoms with Gasteiger partial charge in [-0.1, -0.05) is 31.8 Å². The van der Waals surface area contributed by atoms with E-state index < -0.39 is 0 Å². The van der Waals surface area contributed by atoms with Crippen LogP contribution in [0.2, 0.25) is 0 Å². The lowest BCUT2D eigenvalue weighted by atomic mass is 10.1. The molecule has 1 N–H and O–H groups in total. The second kappa shape index (κ2) is 8.58. The minimum Gasteiger partial charge on any atom is -0.394 e. The monoisotopic (exact) mass is 196 g/mol. The lowest BCUT2D eigenvalue weighted by Crippen LogP contribution is -2.18. The molecule has 0 amide bonds. The second-order valence-corrected chi connectivity index (χ2v) is 3.19. The molecule has 0 atom stereocenters. The molecule has 0 saturated carbocycles. The molecular formula is C11H20N2O. The fourth-order valence-electron chi connectivity index (χ4n) is 0.810. The SMILES string of the molecule is CC#C/C(=N\OCCNCC)C(C)C.